The number of para-hydroxylation sites is 2. The van der Waals surface area contributed by atoms with Gasteiger partial charge in [0.15, 0.2) is 0 Å². The number of hydrogen-bond acceptors (Lipinski definition) is 5. The average Bonchev–Trinajstić information content (AvgIpc) is 3.19. The summed E-state index contributed by atoms with van der Waals surface area (Å²) >= 11 is 0. The molecular formula is C22H26N4O4S. The third kappa shape index (κ3) is 5.24. The van der Waals surface area contributed by atoms with Crippen LogP contribution in [0.3, 0.4) is 0 Å². The summed E-state index contributed by atoms with van der Waals surface area (Å²) in [5.41, 5.74) is 1.07. The molecule has 0 radical (unpaired) electrons. The molecule has 0 unspecified atom stereocenters. The Morgan fingerprint density at radius 1 is 1.16 bits per heavy atom. The Bertz CT molecular complexity index is 1170. The Kier molecular flexibility index (Phi) is 6.96. The number of benzene rings is 2. The number of amides is 1. The normalized spacial score (nSPS) is 11.2. The maximum Gasteiger partial charge on any atom is 0.262 e. The summed E-state index contributed by atoms with van der Waals surface area (Å²) in [4.78, 5) is 12.8. The minimum absolute atomic E-state index is 0.0190. The standard InChI is InChI=1S/C22H26N4O4S/c1-4-5-14-26-21(12-13-23-26)24-22(27)17-11-10-16(2)20(15-17)31(28,29)25-18-8-6-7-9-19(18)30-3/h6-13,15,25H,4-5,14H2,1-3H3,(H,24,27). The molecule has 2 N–H and O–H groups in total. The number of hydrogen-bond donors (Lipinski definition) is 2. The first-order valence-electron chi connectivity index (χ1n) is 9.95. The number of sulfonamides is 1. The van der Waals surface area contributed by atoms with Gasteiger partial charge in [-0.05, 0) is 43.2 Å². The van der Waals surface area contributed by atoms with Gasteiger partial charge >= 0.3 is 0 Å². The van der Waals surface area contributed by atoms with Gasteiger partial charge in [0.05, 0.1) is 23.9 Å². The van der Waals surface area contributed by atoms with Gasteiger partial charge in [0.25, 0.3) is 15.9 Å². The molecule has 0 atom stereocenters. The number of ether oxygens (including phenoxy) is 1. The van der Waals surface area contributed by atoms with Gasteiger partial charge in [-0.15, -0.1) is 0 Å². The van der Waals surface area contributed by atoms with Crippen LogP contribution in [0.2, 0.25) is 0 Å². The highest BCUT2D eigenvalue weighted by Crippen LogP contribution is 2.27. The first-order chi connectivity index (χ1) is 14.9. The largest absolute Gasteiger partial charge is 0.495 e. The SMILES string of the molecule is CCCCn1nccc1NC(=O)c1ccc(C)c(S(=O)(=O)Nc2ccccc2OC)c1. The van der Waals surface area contributed by atoms with E-state index in [0.29, 0.717) is 29.4 Å². The molecule has 0 saturated carbocycles. The number of nitrogens with one attached hydrogen (secondary N) is 2. The molecular weight excluding hydrogens is 416 g/mol. The monoisotopic (exact) mass is 442 g/mol. The summed E-state index contributed by atoms with van der Waals surface area (Å²) in [5.74, 6) is 0.556. The second-order valence-electron chi connectivity index (χ2n) is 7.03. The predicted molar refractivity (Wildman–Crippen MR) is 120 cm³/mol. The molecule has 164 valence electrons. The minimum atomic E-state index is -3.94. The molecule has 3 aromatic rings. The van der Waals surface area contributed by atoms with Crippen LogP contribution in [0.5, 0.6) is 5.75 Å². The van der Waals surface area contributed by atoms with Gasteiger partial charge in [0, 0.05) is 18.2 Å². The summed E-state index contributed by atoms with van der Waals surface area (Å²) in [6.07, 6.45) is 3.56. The van der Waals surface area contributed by atoms with Crippen molar-refractivity contribution in [1.29, 1.82) is 0 Å². The first-order valence-corrected chi connectivity index (χ1v) is 11.4. The second kappa shape index (κ2) is 9.65. The van der Waals surface area contributed by atoms with E-state index in [2.05, 4.69) is 22.1 Å². The number of anilines is 2. The lowest BCUT2D eigenvalue weighted by Gasteiger charge is -2.14. The zero-order chi connectivity index (χ0) is 22.4. The smallest absolute Gasteiger partial charge is 0.262 e. The molecule has 0 saturated heterocycles. The van der Waals surface area contributed by atoms with E-state index in [0.717, 1.165) is 12.8 Å². The molecule has 9 heteroatoms. The van der Waals surface area contributed by atoms with Crippen molar-refractivity contribution < 1.29 is 17.9 Å². The lowest BCUT2D eigenvalue weighted by Crippen LogP contribution is -2.18. The molecule has 0 fully saturated rings. The fraction of sp³-hybridized carbons (Fsp3) is 0.273. The lowest BCUT2D eigenvalue weighted by molar-refractivity contribution is 0.102. The van der Waals surface area contributed by atoms with E-state index in [1.165, 1.54) is 13.2 Å². The number of aryl methyl sites for hydroxylation is 2. The van der Waals surface area contributed by atoms with Crippen molar-refractivity contribution in [2.75, 3.05) is 17.1 Å². The zero-order valence-electron chi connectivity index (χ0n) is 17.8. The molecule has 2 aromatic carbocycles. The van der Waals surface area contributed by atoms with Crippen molar-refractivity contribution in [3.63, 3.8) is 0 Å². The van der Waals surface area contributed by atoms with Crippen molar-refractivity contribution in [2.24, 2.45) is 0 Å². The number of carbonyl (C=O) groups is 1. The zero-order valence-corrected chi connectivity index (χ0v) is 18.6. The molecule has 0 spiro atoms. The number of methoxy groups -OCH3 is 1. The van der Waals surface area contributed by atoms with Gasteiger partial charge in [-0.1, -0.05) is 31.5 Å². The second-order valence-corrected chi connectivity index (χ2v) is 8.68. The molecule has 8 nitrogen and oxygen atoms in total. The molecule has 1 aromatic heterocycles. The van der Waals surface area contributed by atoms with Gasteiger partial charge in [-0.2, -0.15) is 5.10 Å². The first kappa shape index (κ1) is 22.4. The van der Waals surface area contributed by atoms with Crippen molar-refractivity contribution in [2.45, 2.75) is 38.1 Å². The van der Waals surface area contributed by atoms with E-state index in [1.807, 2.05) is 0 Å². The van der Waals surface area contributed by atoms with E-state index < -0.39 is 15.9 Å². The molecule has 1 heterocycles. The van der Waals surface area contributed by atoms with Crippen molar-refractivity contribution >= 4 is 27.4 Å². The molecule has 1 amide bonds. The Balaban J connectivity index is 1.86. The van der Waals surface area contributed by atoms with E-state index in [1.54, 1.807) is 60.3 Å². The van der Waals surface area contributed by atoms with Gasteiger partial charge in [0.1, 0.15) is 11.6 Å². The van der Waals surface area contributed by atoms with Crippen LogP contribution in [-0.4, -0.2) is 31.2 Å². The maximum atomic E-state index is 13.0. The number of rotatable bonds is 9. The number of unbranched alkanes of at least 4 members (excludes halogenated alkanes) is 1. The molecule has 3 rings (SSSR count). The summed E-state index contributed by atoms with van der Waals surface area (Å²) in [7, 11) is -2.48. The average molecular weight is 443 g/mol. The maximum absolute atomic E-state index is 13.0. The highest BCUT2D eigenvalue weighted by molar-refractivity contribution is 7.92. The summed E-state index contributed by atoms with van der Waals surface area (Å²) in [6.45, 7) is 4.45. The molecule has 31 heavy (non-hydrogen) atoms. The van der Waals surface area contributed by atoms with Gasteiger partial charge < -0.3 is 10.1 Å². The quantitative estimate of drug-likeness (QED) is 0.520. The fourth-order valence-corrected chi connectivity index (χ4v) is 4.42. The van der Waals surface area contributed by atoms with Crippen LogP contribution in [0.25, 0.3) is 0 Å². The molecule has 0 bridgehead atoms. The van der Waals surface area contributed by atoms with Crippen molar-refractivity contribution in [1.82, 2.24) is 9.78 Å². The Hall–Kier alpha value is -3.33. The van der Waals surface area contributed by atoms with Crippen molar-refractivity contribution in [3.05, 3.63) is 65.9 Å². The fourth-order valence-electron chi connectivity index (χ4n) is 3.07. The van der Waals surface area contributed by atoms with Crippen LogP contribution in [0.4, 0.5) is 11.5 Å². The molecule has 0 aliphatic rings. The lowest BCUT2D eigenvalue weighted by atomic mass is 10.1. The van der Waals surface area contributed by atoms with Crippen LogP contribution in [0, 0.1) is 6.92 Å². The molecule has 0 aliphatic heterocycles. The highest BCUT2D eigenvalue weighted by atomic mass is 32.2. The van der Waals surface area contributed by atoms with Gasteiger partial charge in [0.2, 0.25) is 0 Å². The summed E-state index contributed by atoms with van der Waals surface area (Å²) in [6, 6.07) is 13.0. The van der Waals surface area contributed by atoms with Crippen LogP contribution >= 0.6 is 0 Å². The van der Waals surface area contributed by atoms with Gasteiger partial charge in [-0.25, -0.2) is 13.1 Å². The third-order valence-electron chi connectivity index (χ3n) is 4.77. The van der Waals surface area contributed by atoms with Crippen molar-refractivity contribution in [3.8, 4) is 5.75 Å². The molecule has 0 aliphatic carbocycles. The summed E-state index contributed by atoms with van der Waals surface area (Å²) in [5, 5.41) is 7.03. The van der Waals surface area contributed by atoms with E-state index in [9.17, 15) is 13.2 Å². The Morgan fingerprint density at radius 3 is 2.68 bits per heavy atom. The Morgan fingerprint density at radius 2 is 1.94 bits per heavy atom. The number of aromatic nitrogens is 2. The van der Waals surface area contributed by atoms with Crippen LogP contribution in [0.15, 0.2) is 59.6 Å². The Labute approximate surface area is 182 Å². The van der Waals surface area contributed by atoms with E-state index in [4.69, 9.17) is 4.74 Å². The number of nitrogens with zero attached hydrogens (tertiary/aromatic N) is 2. The van der Waals surface area contributed by atoms with E-state index >= 15 is 0 Å². The summed E-state index contributed by atoms with van der Waals surface area (Å²) < 4.78 is 35.6. The van der Waals surface area contributed by atoms with Crippen LogP contribution in [0.1, 0.15) is 35.7 Å². The van der Waals surface area contributed by atoms with E-state index in [-0.39, 0.29) is 10.5 Å². The number of carbonyl (C=O) groups excluding carboxylic acids is 1. The van der Waals surface area contributed by atoms with Crippen LogP contribution in [-0.2, 0) is 16.6 Å². The minimum Gasteiger partial charge on any atom is -0.495 e. The topological polar surface area (TPSA) is 102 Å². The van der Waals surface area contributed by atoms with Gasteiger partial charge in [-0.3, -0.25) is 9.52 Å². The predicted octanol–water partition coefficient (Wildman–Crippen LogP) is 4.05. The highest BCUT2D eigenvalue weighted by Gasteiger charge is 2.21. The van der Waals surface area contributed by atoms with Crippen LogP contribution < -0.4 is 14.8 Å². The third-order valence-corrected chi connectivity index (χ3v) is 6.28.